The largest absolute Gasteiger partial charge is 0.465 e. The third kappa shape index (κ3) is 6.51. The number of carbonyl (C=O) groups is 1. The summed E-state index contributed by atoms with van der Waals surface area (Å²) in [5.74, 6) is 5.22. The van der Waals surface area contributed by atoms with Gasteiger partial charge in [-0.1, -0.05) is 30.0 Å². The van der Waals surface area contributed by atoms with E-state index in [1.54, 1.807) is 30.5 Å². The van der Waals surface area contributed by atoms with Gasteiger partial charge in [-0.2, -0.15) is 0 Å². The van der Waals surface area contributed by atoms with E-state index in [9.17, 15) is 45.6 Å². The number of aliphatic hydroxyl groups is 8. The fraction of sp³-hybridized carbons (Fsp3) is 0.545. The molecule has 2 aromatic carbocycles. The van der Waals surface area contributed by atoms with E-state index in [-0.39, 0.29) is 32.6 Å². The standard InChI is InChI=1S/C33H41NO12/c1-3-44-26(37)15-34-21-12-17(6-9-23-27(38)30(41)29(40)25(16-36)45-23)4-7-19(21)20-8-5-18(13-22(20)34)14-33(2)32(43)31(42)28(39)24(46-33)10-11-35/h4-5,7-8,12-13,23-25,27-32,35-36,38-43H,3,10-11,14-16H2,1-2H3/t23-,24-,25-,27-,28-,29-,30-,31+,32+,33+/m1/s1. The Balaban J connectivity index is 1.52. The lowest BCUT2D eigenvalue weighted by molar-refractivity contribution is -0.264. The van der Waals surface area contributed by atoms with Gasteiger partial charge in [0.05, 0.1) is 30.4 Å². The van der Waals surface area contributed by atoms with Crippen molar-refractivity contribution in [1.82, 2.24) is 4.57 Å². The van der Waals surface area contributed by atoms with Crippen LogP contribution >= 0.6 is 0 Å². The normalized spacial score (nSPS) is 33.1. The van der Waals surface area contributed by atoms with Gasteiger partial charge in [0, 0.05) is 34.9 Å². The number of ether oxygens (including phenoxy) is 3. The van der Waals surface area contributed by atoms with E-state index < -0.39 is 73.1 Å². The summed E-state index contributed by atoms with van der Waals surface area (Å²) in [4.78, 5) is 12.7. The zero-order valence-corrected chi connectivity index (χ0v) is 25.6. The van der Waals surface area contributed by atoms with E-state index in [0.717, 1.165) is 16.3 Å². The molecule has 5 rings (SSSR count). The highest BCUT2D eigenvalue weighted by Gasteiger charge is 2.50. The van der Waals surface area contributed by atoms with Crippen LogP contribution in [0.1, 0.15) is 31.4 Å². The number of hydrogen-bond acceptors (Lipinski definition) is 12. The first-order valence-corrected chi connectivity index (χ1v) is 15.3. The van der Waals surface area contributed by atoms with Crippen LogP contribution in [0.5, 0.6) is 0 Å². The topological polar surface area (TPSA) is 212 Å². The number of aliphatic hydroxyl groups excluding tert-OH is 8. The molecule has 0 bridgehead atoms. The molecule has 2 aliphatic heterocycles. The molecule has 2 fully saturated rings. The Kier molecular flexibility index (Phi) is 10.4. The highest BCUT2D eigenvalue weighted by molar-refractivity contribution is 6.09. The molecule has 2 saturated heterocycles. The summed E-state index contributed by atoms with van der Waals surface area (Å²) < 4.78 is 18.6. The molecule has 0 aliphatic carbocycles. The predicted octanol–water partition coefficient (Wildman–Crippen LogP) is -1.28. The Labute approximate surface area is 265 Å². The van der Waals surface area contributed by atoms with Crippen molar-refractivity contribution in [2.75, 3.05) is 19.8 Å². The van der Waals surface area contributed by atoms with Crippen LogP contribution in [0.15, 0.2) is 36.4 Å². The average molecular weight is 644 g/mol. The number of hydrogen-bond donors (Lipinski definition) is 8. The molecule has 0 amide bonds. The summed E-state index contributed by atoms with van der Waals surface area (Å²) in [5.41, 5.74) is 1.27. The second-order valence-corrected chi connectivity index (χ2v) is 12.1. The molecule has 0 radical (unpaired) electrons. The average Bonchev–Trinajstić information content (AvgIpc) is 3.33. The van der Waals surface area contributed by atoms with Gasteiger partial charge in [-0.15, -0.1) is 0 Å². The molecule has 8 N–H and O–H groups in total. The minimum Gasteiger partial charge on any atom is -0.465 e. The monoisotopic (exact) mass is 643 g/mol. The van der Waals surface area contributed by atoms with Gasteiger partial charge in [0.1, 0.15) is 55.4 Å². The Morgan fingerprint density at radius 3 is 2.26 bits per heavy atom. The highest BCUT2D eigenvalue weighted by atomic mass is 16.6. The molecule has 10 atom stereocenters. The Bertz CT molecular complexity index is 1610. The van der Waals surface area contributed by atoms with Crippen molar-refractivity contribution in [2.24, 2.45) is 0 Å². The summed E-state index contributed by atoms with van der Waals surface area (Å²) >= 11 is 0. The number of benzene rings is 2. The SMILES string of the molecule is CCOC(=O)Cn1c2cc(C#C[C@H]3O[C@H](CO)[C@@H](O)[C@H](O)[C@@H]3O)ccc2c2ccc(C[C@]3(C)O[C@H](CCO)[C@@H](O)[C@H](O)[C@@H]3O)cc21. The number of esters is 1. The molecule has 46 heavy (non-hydrogen) atoms. The van der Waals surface area contributed by atoms with Crippen molar-refractivity contribution in [1.29, 1.82) is 0 Å². The predicted molar refractivity (Wildman–Crippen MR) is 163 cm³/mol. The second kappa shape index (κ2) is 13.9. The zero-order valence-electron chi connectivity index (χ0n) is 25.6. The third-order valence-corrected chi connectivity index (χ3v) is 8.84. The van der Waals surface area contributed by atoms with Crippen molar-refractivity contribution >= 4 is 27.8 Å². The van der Waals surface area contributed by atoms with Gasteiger partial charge in [0.25, 0.3) is 0 Å². The van der Waals surface area contributed by atoms with Gasteiger partial charge >= 0.3 is 5.97 Å². The molecule has 13 nitrogen and oxygen atoms in total. The maximum Gasteiger partial charge on any atom is 0.325 e. The van der Waals surface area contributed by atoms with Crippen molar-refractivity contribution in [3.8, 4) is 11.8 Å². The van der Waals surface area contributed by atoms with Crippen molar-refractivity contribution in [3.05, 3.63) is 47.5 Å². The summed E-state index contributed by atoms with van der Waals surface area (Å²) in [6, 6.07) is 10.9. The zero-order chi connectivity index (χ0) is 33.3. The summed E-state index contributed by atoms with van der Waals surface area (Å²) in [5, 5.41) is 82.8. The van der Waals surface area contributed by atoms with E-state index >= 15 is 0 Å². The Morgan fingerprint density at radius 1 is 0.913 bits per heavy atom. The van der Waals surface area contributed by atoms with Crippen LogP contribution in [0.4, 0.5) is 0 Å². The minimum absolute atomic E-state index is 0.0783. The molecular weight excluding hydrogens is 602 g/mol. The quantitative estimate of drug-likeness (QED) is 0.107. The molecule has 3 heterocycles. The number of carbonyl (C=O) groups excluding carboxylic acids is 1. The molecule has 0 spiro atoms. The van der Waals surface area contributed by atoms with E-state index in [1.165, 1.54) is 0 Å². The summed E-state index contributed by atoms with van der Waals surface area (Å²) in [6.07, 6.45) is -11.7. The van der Waals surface area contributed by atoms with Crippen LogP contribution in [0.25, 0.3) is 21.8 Å². The van der Waals surface area contributed by atoms with E-state index in [2.05, 4.69) is 11.8 Å². The molecule has 0 saturated carbocycles. The van der Waals surface area contributed by atoms with Gasteiger partial charge < -0.3 is 59.6 Å². The maximum absolute atomic E-state index is 12.7. The van der Waals surface area contributed by atoms with Crippen molar-refractivity contribution in [3.63, 3.8) is 0 Å². The molecule has 2 aliphatic rings. The molecule has 13 heteroatoms. The third-order valence-electron chi connectivity index (χ3n) is 8.84. The van der Waals surface area contributed by atoms with Crippen LogP contribution in [-0.4, -0.2) is 132 Å². The molecule has 250 valence electrons. The first-order valence-electron chi connectivity index (χ1n) is 15.3. The molecular formula is C33H41NO12. The lowest BCUT2D eigenvalue weighted by atomic mass is 9.81. The van der Waals surface area contributed by atoms with Gasteiger partial charge in [0.15, 0.2) is 0 Å². The Morgan fingerprint density at radius 2 is 1.59 bits per heavy atom. The number of fused-ring (bicyclic) bond motifs is 3. The lowest BCUT2D eigenvalue weighted by Gasteiger charge is -2.47. The molecule has 1 aromatic heterocycles. The smallest absolute Gasteiger partial charge is 0.325 e. The lowest BCUT2D eigenvalue weighted by Crippen LogP contribution is -2.64. The molecule has 0 unspecified atom stereocenters. The van der Waals surface area contributed by atoms with E-state index in [4.69, 9.17) is 14.2 Å². The van der Waals surface area contributed by atoms with Crippen LogP contribution in [0.3, 0.4) is 0 Å². The Hall–Kier alpha value is -3.13. The van der Waals surface area contributed by atoms with Gasteiger partial charge in [-0.3, -0.25) is 4.79 Å². The second-order valence-electron chi connectivity index (χ2n) is 12.1. The first kappa shape index (κ1) is 34.2. The van der Waals surface area contributed by atoms with Crippen molar-refractivity contribution in [2.45, 2.75) is 93.8 Å². The summed E-state index contributed by atoms with van der Waals surface area (Å²) in [6.45, 7) is 2.57. The van der Waals surface area contributed by atoms with Crippen LogP contribution in [0.2, 0.25) is 0 Å². The highest BCUT2D eigenvalue weighted by Crippen LogP contribution is 2.36. The van der Waals surface area contributed by atoms with Gasteiger partial charge in [0.2, 0.25) is 0 Å². The number of rotatable bonds is 8. The summed E-state index contributed by atoms with van der Waals surface area (Å²) in [7, 11) is 0. The minimum atomic E-state index is -1.55. The number of nitrogens with zero attached hydrogens (tertiary/aromatic N) is 1. The number of aromatic nitrogens is 1. The first-order chi connectivity index (χ1) is 21.9. The fourth-order valence-corrected chi connectivity index (χ4v) is 6.37. The van der Waals surface area contributed by atoms with Gasteiger partial charge in [-0.05, 0) is 44.0 Å². The van der Waals surface area contributed by atoms with Crippen molar-refractivity contribution < 1.29 is 59.9 Å². The van der Waals surface area contributed by atoms with Crippen LogP contribution in [0, 0.1) is 11.8 Å². The fourth-order valence-electron chi connectivity index (χ4n) is 6.37. The molecule has 3 aromatic rings. The van der Waals surface area contributed by atoms with Crippen LogP contribution in [-0.2, 0) is 32.0 Å². The van der Waals surface area contributed by atoms with Gasteiger partial charge in [-0.25, -0.2) is 0 Å². The van der Waals surface area contributed by atoms with E-state index in [0.29, 0.717) is 16.6 Å². The van der Waals surface area contributed by atoms with E-state index in [1.807, 2.05) is 24.3 Å². The maximum atomic E-state index is 12.7. The van der Waals surface area contributed by atoms with Crippen LogP contribution < -0.4 is 0 Å².